The number of ether oxygens (including phenoxy) is 1. The molecule has 0 atom stereocenters. The highest BCUT2D eigenvalue weighted by Gasteiger charge is 2.27. The van der Waals surface area contributed by atoms with Crippen LogP contribution in [0.5, 0.6) is 0 Å². The number of piperidine rings is 1. The Labute approximate surface area is 214 Å². The summed E-state index contributed by atoms with van der Waals surface area (Å²) in [7, 11) is 1.82. The number of hydrogen-bond donors (Lipinski definition) is 1. The Bertz CT molecular complexity index is 917. The minimum absolute atomic E-state index is 0. The van der Waals surface area contributed by atoms with Crippen molar-refractivity contribution in [2.75, 3.05) is 39.8 Å². The fourth-order valence-corrected chi connectivity index (χ4v) is 3.98. The molecule has 0 spiro atoms. The number of aliphatic imine (C=N–C) groups is 1. The first-order valence-corrected chi connectivity index (χ1v) is 11.5. The molecule has 1 fully saturated rings. The van der Waals surface area contributed by atoms with Crippen LogP contribution in [0.3, 0.4) is 0 Å². The van der Waals surface area contributed by atoms with Crippen molar-refractivity contribution in [3.05, 3.63) is 30.2 Å². The summed E-state index contributed by atoms with van der Waals surface area (Å²) in [4.78, 5) is 21.0. The summed E-state index contributed by atoms with van der Waals surface area (Å²) < 4.78 is 7.56. The molecule has 3 heterocycles. The summed E-state index contributed by atoms with van der Waals surface area (Å²) in [6.07, 6.45) is 4.58. The predicted octanol–water partition coefficient (Wildman–Crippen LogP) is 3.43. The Morgan fingerprint density at radius 2 is 2.00 bits per heavy atom. The van der Waals surface area contributed by atoms with Crippen molar-refractivity contribution in [1.82, 2.24) is 29.7 Å². The molecular formula is C23H38IN7O2. The number of nitrogens with zero attached hydrogens (tertiary/aromatic N) is 6. The molecule has 0 aliphatic carbocycles. The highest BCUT2D eigenvalue weighted by molar-refractivity contribution is 14.0. The number of pyridine rings is 1. The number of nitrogens with one attached hydrogen (secondary N) is 1. The van der Waals surface area contributed by atoms with E-state index in [0.29, 0.717) is 12.5 Å². The highest BCUT2D eigenvalue weighted by Crippen LogP contribution is 2.20. The van der Waals surface area contributed by atoms with Crippen LogP contribution in [0.2, 0.25) is 0 Å². The molecule has 2 aromatic rings. The smallest absolute Gasteiger partial charge is 0.410 e. The van der Waals surface area contributed by atoms with Gasteiger partial charge >= 0.3 is 6.09 Å². The van der Waals surface area contributed by atoms with Crippen molar-refractivity contribution in [2.24, 2.45) is 10.9 Å². The molecule has 184 valence electrons. The standard InChI is InChI=1S/C23H37N7O2.HI/c1-6-28(22(31)32-23(2,3)4)17-18-11-15-29(16-12-18)21(24-5)25-13-10-20-27-26-19-9-7-8-14-30(19)20;/h7-9,14,18H,6,10-13,15-17H2,1-5H3,(H,24,25);1H. The number of likely N-dealkylation sites (tertiary alicyclic amines) is 1. The van der Waals surface area contributed by atoms with Gasteiger partial charge in [0.1, 0.15) is 11.4 Å². The van der Waals surface area contributed by atoms with E-state index in [1.807, 2.05) is 68.4 Å². The number of amides is 1. The van der Waals surface area contributed by atoms with E-state index in [-0.39, 0.29) is 30.1 Å². The molecule has 9 nitrogen and oxygen atoms in total. The highest BCUT2D eigenvalue weighted by atomic mass is 127. The van der Waals surface area contributed by atoms with Crippen molar-refractivity contribution >= 4 is 41.7 Å². The molecule has 0 saturated carbocycles. The third kappa shape index (κ3) is 7.72. The number of carbonyl (C=O) groups is 1. The Balaban J connectivity index is 0.00000385. The van der Waals surface area contributed by atoms with E-state index < -0.39 is 5.60 Å². The van der Waals surface area contributed by atoms with Crippen LogP contribution in [0.1, 0.15) is 46.4 Å². The first kappa shape index (κ1) is 27.1. The lowest BCUT2D eigenvalue weighted by Crippen LogP contribution is -2.48. The zero-order chi connectivity index (χ0) is 23.1. The maximum absolute atomic E-state index is 12.4. The molecule has 0 aromatic carbocycles. The van der Waals surface area contributed by atoms with Crippen molar-refractivity contribution in [3.8, 4) is 0 Å². The van der Waals surface area contributed by atoms with Crippen LogP contribution in [-0.4, -0.2) is 81.8 Å². The van der Waals surface area contributed by atoms with Gasteiger partial charge in [0.2, 0.25) is 0 Å². The molecule has 33 heavy (non-hydrogen) atoms. The number of aromatic nitrogens is 3. The van der Waals surface area contributed by atoms with Crippen LogP contribution in [-0.2, 0) is 11.2 Å². The average Bonchev–Trinajstić information content (AvgIpc) is 3.17. The van der Waals surface area contributed by atoms with Gasteiger partial charge in [-0.15, -0.1) is 34.2 Å². The quantitative estimate of drug-likeness (QED) is 0.325. The molecule has 0 bridgehead atoms. The molecule has 10 heteroatoms. The molecule has 0 unspecified atom stereocenters. The van der Waals surface area contributed by atoms with Crippen LogP contribution in [0.25, 0.3) is 5.65 Å². The van der Waals surface area contributed by atoms with Crippen LogP contribution in [0.4, 0.5) is 4.79 Å². The second-order valence-corrected chi connectivity index (χ2v) is 9.22. The van der Waals surface area contributed by atoms with Crippen molar-refractivity contribution < 1.29 is 9.53 Å². The molecule has 0 radical (unpaired) electrons. The van der Waals surface area contributed by atoms with Crippen molar-refractivity contribution in [3.63, 3.8) is 0 Å². The third-order valence-electron chi connectivity index (χ3n) is 5.65. The Morgan fingerprint density at radius 3 is 2.64 bits per heavy atom. The lowest BCUT2D eigenvalue weighted by molar-refractivity contribution is 0.0214. The van der Waals surface area contributed by atoms with Gasteiger partial charge in [-0.3, -0.25) is 9.39 Å². The first-order chi connectivity index (χ1) is 15.3. The van der Waals surface area contributed by atoms with E-state index in [9.17, 15) is 4.79 Å². The van der Waals surface area contributed by atoms with E-state index in [4.69, 9.17) is 4.74 Å². The summed E-state index contributed by atoms with van der Waals surface area (Å²) in [6.45, 7) is 11.7. The van der Waals surface area contributed by atoms with E-state index in [1.54, 1.807) is 0 Å². The summed E-state index contributed by atoms with van der Waals surface area (Å²) in [5.74, 6) is 2.32. The predicted molar refractivity (Wildman–Crippen MR) is 141 cm³/mol. The van der Waals surface area contributed by atoms with Gasteiger partial charge in [-0.05, 0) is 58.6 Å². The maximum atomic E-state index is 12.4. The molecule has 2 aromatic heterocycles. The summed E-state index contributed by atoms with van der Waals surface area (Å²) >= 11 is 0. The number of hydrogen-bond acceptors (Lipinski definition) is 5. The zero-order valence-corrected chi connectivity index (χ0v) is 22.8. The number of halogens is 1. The zero-order valence-electron chi connectivity index (χ0n) is 20.5. The molecule has 1 saturated heterocycles. The van der Waals surface area contributed by atoms with Crippen LogP contribution in [0.15, 0.2) is 29.4 Å². The molecule has 1 aliphatic rings. The maximum Gasteiger partial charge on any atom is 0.410 e. The molecule has 1 aliphatic heterocycles. The third-order valence-corrected chi connectivity index (χ3v) is 5.65. The Hall–Kier alpha value is -2.11. The summed E-state index contributed by atoms with van der Waals surface area (Å²) in [5.41, 5.74) is 0.395. The lowest BCUT2D eigenvalue weighted by Gasteiger charge is -2.36. The summed E-state index contributed by atoms with van der Waals surface area (Å²) in [5, 5.41) is 12.0. The number of rotatable bonds is 6. The minimum atomic E-state index is -0.467. The summed E-state index contributed by atoms with van der Waals surface area (Å²) in [6, 6.07) is 5.90. The fourth-order valence-electron chi connectivity index (χ4n) is 3.98. The average molecular weight is 572 g/mol. The Kier molecular flexibility index (Phi) is 10.2. The minimum Gasteiger partial charge on any atom is -0.444 e. The fraction of sp³-hybridized carbons (Fsp3) is 0.652. The van der Waals surface area contributed by atoms with Gasteiger partial charge in [0.25, 0.3) is 0 Å². The number of fused-ring (bicyclic) bond motifs is 1. The molecule has 3 rings (SSSR count). The van der Waals surface area contributed by atoms with Gasteiger partial charge in [0.15, 0.2) is 11.6 Å². The van der Waals surface area contributed by atoms with Crippen LogP contribution < -0.4 is 5.32 Å². The Morgan fingerprint density at radius 1 is 1.27 bits per heavy atom. The second-order valence-electron chi connectivity index (χ2n) is 9.22. The first-order valence-electron chi connectivity index (χ1n) is 11.5. The van der Waals surface area contributed by atoms with Gasteiger partial charge in [0, 0.05) is 52.4 Å². The van der Waals surface area contributed by atoms with E-state index in [2.05, 4.69) is 25.4 Å². The monoisotopic (exact) mass is 571 g/mol. The number of guanidine groups is 1. The van der Waals surface area contributed by atoms with Crippen LogP contribution in [0, 0.1) is 5.92 Å². The van der Waals surface area contributed by atoms with Crippen LogP contribution >= 0.6 is 24.0 Å². The normalized spacial score (nSPS) is 15.3. The molecule has 1 amide bonds. The van der Waals surface area contributed by atoms with E-state index >= 15 is 0 Å². The van der Waals surface area contributed by atoms with Gasteiger partial charge in [-0.1, -0.05) is 6.07 Å². The lowest BCUT2D eigenvalue weighted by atomic mass is 9.96. The largest absolute Gasteiger partial charge is 0.444 e. The van der Waals surface area contributed by atoms with Gasteiger partial charge in [0.05, 0.1) is 0 Å². The van der Waals surface area contributed by atoms with Gasteiger partial charge < -0.3 is 19.9 Å². The topological polar surface area (TPSA) is 87.4 Å². The number of carbonyl (C=O) groups excluding carboxylic acids is 1. The van der Waals surface area contributed by atoms with Crippen molar-refractivity contribution in [1.29, 1.82) is 0 Å². The van der Waals surface area contributed by atoms with Gasteiger partial charge in [-0.25, -0.2) is 4.79 Å². The van der Waals surface area contributed by atoms with Crippen molar-refractivity contribution in [2.45, 2.75) is 52.6 Å². The SMILES string of the molecule is CCN(CC1CCN(C(=NC)NCCc2nnc3ccccn23)CC1)C(=O)OC(C)(C)C.I. The van der Waals surface area contributed by atoms with E-state index in [1.165, 1.54) is 0 Å². The molecular weight excluding hydrogens is 533 g/mol. The molecule has 1 N–H and O–H groups in total. The van der Waals surface area contributed by atoms with E-state index in [0.717, 1.165) is 62.9 Å². The van der Waals surface area contributed by atoms with Gasteiger partial charge in [-0.2, -0.15) is 0 Å². The second kappa shape index (κ2) is 12.4.